The smallest absolute Gasteiger partial charge is 0.303 e. The number of hydrogen-bond acceptors (Lipinski definition) is 3. The van der Waals surface area contributed by atoms with Crippen molar-refractivity contribution in [2.45, 2.75) is 80.8 Å². The Morgan fingerprint density at radius 2 is 1.86 bits per heavy atom. The van der Waals surface area contributed by atoms with Crippen LogP contribution in [0, 0.1) is 11.8 Å². The minimum atomic E-state index is -0.682. The highest BCUT2D eigenvalue weighted by Crippen LogP contribution is 2.55. The van der Waals surface area contributed by atoms with Crippen LogP contribution >= 0.6 is 11.8 Å². The number of allylic oxidation sites excluding steroid dienone is 1. The first-order chi connectivity index (χ1) is 13.6. The number of carboxylic acids is 1. The number of aliphatic hydroxyl groups is 1. The van der Waals surface area contributed by atoms with Crippen molar-refractivity contribution in [2.75, 3.05) is 0 Å². The third-order valence-corrected chi connectivity index (χ3v) is 8.37. The Balaban J connectivity index is 1.50. The topological polar surface area (TPSA) is 57.5 Å². The molecular formula is C24H34O3S. The van der Waals surface area contributed by atoms with Gasteiger partial charge in [0.25, 0.3) is 0 Å². The van der Waals surface area contributed by atoms with Crippen molar-refractivity contribution in [3.8, 4) is 0 Å². The van der Waals surface area contributed by atoms with Crippen LogP contribution in [0.15, 0.2) is 42.5 Å². The van der Waals surface area contributed by atoms with Crippen molar-refractivity contribution >= 4 is 17.7 Å². The van der Waals surface area contributed by atoms with Crippen molar-refractivity contribution in [3.05, 3.63) is 48.0 Å². The molecule has 0 aromatic heterocycles. The number of carboxylic acid groups (broad SMARTS) is 1. The Kier molecular flexibility index (Phi) is 8.04. The zero-order chi connectivity index (χ0) is 19.9. The minimum absolute atomic E-state index is 0.108. The summed E-state index contributed by atoms with van der Waals surface area (Å²) in [5.74, 6) is 0.730. The monoisotopic (exact) mass is 402 g/mol. The molecule has 2 unspecified atom stereocenters. The van der Waals surface area contributed by atoms with Crippen molar-refractivity contribution in [3.63, 3.8) is 0 Å². The highest BCUT2D eigenvalue weighted by molar-refractivity contribution is 8.01. The number of benzene rings is 1. The van der Waals surface area contributed by atoms with Gasteiger partial charge < -0.3 is 10.2 Å². The number of hydrogen-bond donors (Lipinski definition) is 2. The molecule has 0 spiro atoms. The van der Waals surface area contributed by atoms with Crippen LogP contribution < -0.4 is 0 Å². The van der Waals surface area contributed by atoms with E-state index in [0.29, 0.717) is 12.3 Å². The molecule has 2 aliphatic heterocycles. The number of aliphatic hydroxyl groups excluding tert-OH is 1. The molecule has 1 aromatic carbocycles. The highest BCUT2D eigenvalue weighted by atomic mass is 32.2. The molecule has 2 saturated heterocycles. The maximum atomic E-state index is 10.7. The Hall–Kier alpha value is -1.26. The molecule has 4 heteroatoms. The maximum absolute atomic E-state index is 10.7. The van der Waals surface area contributed by atoms with Crippen LogP contribution in [0.5, 0.6) is 0 Å². The van der Waals surface area contributed by atoms with Gasteiger partial charge in [-0.05, 0) is 43.1 Å². The third kappa shape index (κ3) is 5.64. The summed E-state index contributed by atoms with van der Waals surface area (Å²) in [5, 5.41) is 20.9. The van der Waals surface area contributed by atoms with E-state index < -0.39 is 12.1 Å². The largest absolute Gasteiger partial charge is 0.481 e. The average molecular weight is 403 g/mol. The van der Waals surface area contributed by atoms with Crippen LogP contribution in [0.3, 0.4) is 0 Å². The number of thioether (sulfide) groups is 1. The summed E-state index contributed by atoms with van der Waals surface area (Å²) in [6.07, 6.45) is 12.3. The lowest BCUT2D eigenvalue weighted by Crippen LogP contribution is -2.26. The molecule has 28 heavy (non-hydrogen) atoms. The first-order valence-corrected chi connectivity index (χ1v) is 11.8. The number of aliphatic carboxylic acids is 1. The number of carbonyl (C=O) groups is 1. The van der Waals surface area contributed by atoms with Gasteiger partial charge in [-0.3, -0.25) is 4.79 Å². The minimum Gasteiger partial charge on any atom is -0.481 e. The average Bonchev–Trinajstić information content (AvgIpc) is 3.30. The van der Waals surface area contributed by atoms with Gasteiger partial charge in [-0.1, -0.05) is 68.7 Å². The second kappa shape index (κ2) is 10.5. The molecule has 2 heterocycles. The van der Waals surface area contributed by atoms with Crippen molar-refractivity contribution < 1.29 is 15.0 Å². The van der Waals surface area contributed by atoms with Crippen molar-refractivity contribution in [1.29, 1.82) is 0 Å². The molecular weight excluding hydrogens is 368 g/mol. The molecule has 6 atom stereocenters. The van der Waals surface area contributed by atoms with Gasteiger partial charge in [0, 0.05) is 22.8 Å². The lowest BCUT2D eigenvalue weighted by Gasteiger charge is -2.28. The highest BCUT2D eigenvalue weighted by Gasteiger charge is 2.46. The molecule has 1 aromatic rings. The summed E-state index contributed by atoms with van der Waals surface area (Å²) in [5.41, 5.74) is 1.18. The van der Waals surface area contributed by atoms with E-state index in [2.05, 4.69) is 36.9 Å². The number of fused-ring (bicyclic) bond motifs is 2. The van der Waals surface area contributed by atoms with Crippen LogP contribution in [0.1, 0.15) is 69.8 Å². The van der Waals surface area contributed by atoms with Crippen LogP contribution in [-0.2, 0) is 4.79 Å². The zero-order valence-corrected chi connectivity index (χ0v) is 17.7. The maximum Gasteiger partial charge on any atom is 0.303 e. The lowest BCUT2D eigenvalue weighted by molar-refractivity contribution is -0.137. The van der Waals surface area contributed by atoms with Gasteiger partial charge in [0.1, 0.15) is 0 Å². The molecule has 2 aliphatic rings. The van der Waals surface area contributed by atoms with E-state index in [4.69, 9.17) is 5.11 Å². The van der Waals surface area contributed by atoms with E-state index in [1.165, 1.54) is 31.2 Å². The summed E-state index contributed by atoms with van der Waals surface area (Å²) in [6, 6.07) is 10.2. The van der Waals surface area contributed by atoms with Gasteiger partial charge in [-0.2, -0.15) is 11.8 Å². The standard InChI is InChI=1S/C24H34O3S/c1-17(18-9-5-4-6-10-18)21(25)14-13-20-19(22-15-16-23(20)28-22)11-7-2-3-8-12-24(26)27/h4-6,9-10,13-14,17,19-23,25H,2-3,7-8,11-12,15-16H2,1H3,(H,26,27)/b14-13+/t17?,19-,20+,21?,22-,23+/m1/s1. The van der Waals surface area contributed by atoms with Gasteiger partial charge in [-0.25, -0.2) is 0 Å². The molecule has 2 fully saturated rings. The first kappa shape index (κ1) is 21.4. The summed E-state index contributed by atoms with van der Waals surface area (Å²) in [4.78, 5) is 10.6. The second-order valence-electron chi connectivity index (χ2n) is 8.45. The molecule has 0 amide bonds. The number of unbranched alkanes of at least 4 members (excludes halogenated alkanes) is 3. The predicted molar refractivity (Wildman–Crippen MR) is 117 cm³/mol. The predicted octanol–water partition coefficient (Wildman–Crippen LogP) is 5.64. The van der Waals surface area contributed by atoms with Gasteiger partial charge >= 0.3 is 5.97 Å². The SMILES string of the molecule is CC(c1ccccc1)C(O)/C=C/[C@H]1[C@@H](CCCCCCC(=O)O)[C@H]2CC[C@@H]1S2. The molecule has 0 aliphatic carbocycles. The van der Waals surface area contributed by atoms with E-state index in [1.807, 2.05) is 24.3 Å². The van der Waals surface area contributed by atoms with E-state index >= 15 is 0 Å². The molecule has 2 N–H and O–H groups in total. The molecule has 0 saturated carbocycles. The van der Waals surface area contributed by atoms with Gasteiger partial charge in [-0.15, -0.1) is 0 Å². The van der Waals surface area contributed by atoms with Gasteiger partial charge in [0.2, 0.25) is 0 Å². The van der Waals surface area contributed by atoms with Crippen LogP contribution in [0.4, 0.5) is 0 Å². The quantitative estimate of drug-likeness (QED) is 0.371. The fourth-order valence-electron chi connectivity index (χ4n) is 4.83. The summed E-state index contributed by atoms with van der Waals surface area (Å²) in [6.45, 7) is 2.09. The Morgan fingerprint density at radius 1 is 1.14 bits per heavy atom. The van der Waals surface area contributed by atoms with E-state index in [-0.39, 0.29) is 5.92 Å². The van der Waals surface area contributed by atoms with Gasteiger partial charge in [0.05, 0.1) is 6.10 Å². The van der Waals surface area contributed by atoms with Crippen LogP contribution in [0.25, 0.3) is 0 Å². The second-order valence-corrected chi connectivity index (χ2v) is 9.94. The van der Waals surface area contributed by atoms with E-state index in [0.717, 1.165) is 35.7 Å². The van der Waals surface area contributed by atoms with Crippen LogP contribution in [0.2, 0.25) is 0 Å². The molecule has 3 nitrogen and oxygen atoms in total. The molecule has 2 bridgehead atoms. The molecule has 0 radical (unpaired) electrons. The lowest BCUT2D eigenvalue weighted by atomic mass is 9.76. The van der Waals surface area contributed by atoms with E-state index in [1.54, 1.807) is 0 Å². The Morgan fingerprint density at radius 3 is 2.61 bits per heavy atom. The first-order valence-electron chi connectivity index (χ1n) is 10.8. The van der Waals surface area contributed by atoms with Crippen molar-refractivity contribution in [2.24, 2.45) is 11.8 Å². The summed E-state index contributed by atoms with van der Waals surface area (Å²) in [7, 11) is 0. The summed E-state index contributed by atoms with van der Waals surface area (Å²) < 4.78 is 0. The Labute approximate surface area is 173 Å². The fraction of sp³-hybridized carbons (Fsp3) is 0.625. The summed E-state index contributed by atoms with van der Waals surface area (Å²) >= 11 is 2.17. The van der Waals surface area contributed by atoms with E-state index in [9.17, 15) is 9.90 Å². The van der Waals surface area contributed by atoms with Crippen molar-refractivity contribution in [1.82, 2.24) is 0 Å². The van der Waals surface area contributed by atoms with Crippen LogP contribution in [-0.4, -0.2) is 32.8 Å². The fourth-order valence-corrected chi connectivity index (χ4v) is 6.81. The normalized spacial score (nSPS) is 28.6. The zero-order valence-electron chi connectivity index (χ0n) is 16.9. The number of rotatable bonds is 11. The molecule has 3 rings (SSSR count). The van der Waals surface area contributed by atoms with Gasteiger partial charge in [0.15, 0.2) is 0 Å². The third-order valence-electron chi connectivity index (χ3n) is 6.53. The Bertz CT molecular complexity index is 645. The molecule has 154 valence electrons.